The van der Waals surface area contributed by atoms with Crippen LogP contribution in [-0.2, 0) is 23.0 Å². The van der Waals surface area contributed by atoms with Gasteiger partial charge in [-0.3, -0.25) is 4.98 Å². The van der Waals surface area contributed by atoms with Crippen molar-refractivity contribution < 1.29 is 8.42 Å². The van der Waals surface area contributed by atoms with Gasteiger partial charge in [0.15, 0.2) is 0 Å². The van der Waals surface area contributed by atoms with Gasteiger partial charge in [-0.15, -0.1) is 11.3 Å². The molecule has 0 bridgehead atoms. The molecule has 0 aliphatic heterocycles. The SMILES string of the molecule is O=S(=O)(CCCc1ccccc1)NCc1nc(-c2cccnc2)cs1. The summed E-state index contributed by atoms with van der Waals surface area (Å²) in [6.45, 7) is 0.221. The third-order valence-electron chi connectivity index (χ3n) is 3.67. The standard InChI is InChI=1S/C18H19N3O2S2/c22-25(23,11-5-8-15-6-2-1-3-7-15)20-13-18-21-17(14-24-18)16-9-4-10-19-12-16/h1-4,6-7,9-10,12,14,20H,5,8,11,13H2. The number of thiazole rings is 1. The molecule has 0 spiro atoms. The van der Waals surface area contributed by atoms with Crippen molar-refractivity contribution in [3.63, 3.8) is 0 Å². The number of aryl methyl sites for hydroxylation is 1. The van der Waals surface area contributed by atoms with Gasteiger partial charge in [-0.2, -0.15) is 0 Å². The Morgan fingerprint density at radius 3 is 2.68 bits per heavy atom. The lowest BCUT2D eigenvalue weighted by Gasteiger charge is -2.05. The van der Waals surface area contributed by atoms with E-state index in [1.54, 1.807) is 12.4 Å². The van der Waals surface area contributed by atoms with Crippen molar-refractivity contribution in [3.8, 4) is 11.3 Å². The molecule has 130 valence electrons. The van der Waals surface area contributed by atoms with Gasteiger partial charge in [0, 0.05) is 23.3 Å². The molecule has 2 aromatic heterocycles. The third-order valence-corrected chi connectivity index (χ3v) is 5.93. The minimum atomic E-state index is -3.30. The zero-order valence-corrected chi connectivity index (χ0v) is 15.3. The largest absolute Gasteiger partial charge is 0.264 e. The van der Waals surface area contributed by atoms with Crippen molar-refractivity contribution in [2.24, 2.45) is 0 Å². The molecule has 0 aliphatic rings. The maximum absolute atomic E-state index is 12.1. The van der Waals surface area contributed by atoms with Crippen LogP contribution >= 0.6 is 11.3 Å². The number of pyridine rings is 1. The first kappa shape index (κ1) is 17.7. The van der Waals surface area contributed by atoms with Crippen LogP contribution in [0.2, 0.25) is 0 Å². The van der Waals surface area contributed by atoms with Gasteiger partial charge in [0.1, 0.15) is 5.01 Å². The van der Waals surface area contributed by atoms with Crippen molar-refractivity contribution in [3.05, 3.63) is 70.8 Å². The molecule has 2 heterocycles. The average molecular weight is 374 g/mol. The van der Waals surface area contributed by atoms with E-state index in [1.165, 1.54) is 11.3 Å². The van der Waals surface area contributed by atoms with Gasteiger partial charge in [0.05, 0.1) is 18.0 Å². The number of sulfonamides is 1. The lowest BCUT2D eigenvalue weighted by atomic mass is 10.1. The molecule has 0 radical (unpaired) electrons. The van der Waals surface area contributed by atoms with E-state index >= 15 is 0 Å². The predicted octanol–water partition coefficient (Wildman–Crippen LogP) is 3.26. The molecular formula is C18H19N3O2S2. The molecule has 0 amide bonds. The highest BCUT2D eigenvalue weighted by Gasteiger charge is 2.12. The van der Waals surface area contributed by atoms with Crippen LogP contribution in [0.5, 0.6) is 0 Å². The molecule has 5 nitrogen and oxygen atoms in total. The molecule has 0 unspecified atom stereocenters. The van der Waals surface area contributed by atoms with Crippen LogP contribution in [0.25, 0.3) is 11.3 Å². The highest BCUT2D eigenvalue weighted by atomic mass is 32.2. The third kappa shape index (κ3) is 5.45. The first-order valence-corrected chi connectivity index (χ1v) is 10.5. The Labute approximate surface area is 151 Å². The Hall–Kier alpha value is -2.09. The quantitative estimate of drug-likeness (QED) is 0.658. The van der Waals surface area contributed by atoms with Gasteiger partial charge < -0.3 is 0 Å². The van der Waals surface area contributed by atoms with Gasteiger partial charge in [-0.05, 0) is 30.5 Å². The average Bonchev–Trinajstić information content (AvgIpc) is 3.11. The second-order valence-electron chi connectivity index (χ2n) is 5.60. The Bertz CT molecular complexity index is 894. The summed E-state index contributed by atoms with van der Waals surface area (Å²) in [7, 11) is -3.30. The fourth-order valence-electron chi connectivity index (χ4n) is 2.39. The van der Waals surface area contributed by atoms with Crippen LogP contribution in [0.3, 0.4) is 0 Å². The lowest BCUT2D eigenvalue weighted by molar-refractivity contribution is 0.578. The number of benzene rings is 1. The second kappa shape index (κ2) is 8.33. The molecular weight excluding hydrogens is 354 g/mol. The van der Waals surface area contributed by atoms with E-state index in [1.807, 2.05) is 47.8 Å². The summed E-state index contributed by atoms with van der Waals surface area (Å²) in [5.74, 6) is 0.114. The molecule has 0 atom stereocenters. The van der Waals surface area contributed by atoms with Crippen molar-refractivity contribution >= 4 is 21.4 Å². The summed E-state index contributed by atoms with van der Waals surface area (Å²) in [6, 6.07) is 13.7. The first-order chi connectivity index (χ1) is 12.1. The molecule has 0 aliphatic carbocycles. The number of hydrogen-bond donors (Lipinski definition) is 1. The minimum Gasteiger partial charge on any atom is -0.264 e. The van der Waals surface area contributed by atoms with Crippen LogP contribution in [0.4, 0.5) is 0 Å². The zero-order chi connectivity index (χ0) is 17.5. The van der Waals surface area contributed by atoms with Crippen molar-refractivity contribution in [1.82, 2.24) is 14.7 Å². The molecule has 3 aromatic rings. The molecule has 1 N–H and O–H groups in total. The Kier molecular flexibility index (Phi) is 5.91. The van der Waals surface area contributed by atoms with Crippen LogP contribution in [-0.4, -0.2) is 24.1 Å². The van der Waals surface area contributed by atoms with Crippen LogP contribution in [0, 0.1) is 0 Å². The number of rotatable bonds is 8. The molecule has 0 saturated heterocycles. The molecule has 25 heavy (non-hydrogen) atoms. The van der Waals surface area contributed by atoms with E-state index in [2.05, 4.69) is 14.7 Å². The van der Waals surface area contributed by atoms with Crippen LogP contribution < -0.4 is 4.72 Å². The zero-order valence-electron chi connectivity index (χ0n) is 13.6. The van der Waals surface area contributed by atoms with Gasteiger partial charge in [-0.25, -0.2) is 18.1 Å². The van der Waals surface area contributed by atoms with Crippen LogP contribution in [0.1, 0.15) is 17.0 Å². The summed E-state index contributed by atoms with van der Waals surface area (Å²) < 4.78 is 26.9. The van der Waals surface area contributed by atoms with E-state index in [-0.39, 0.29) is 12.3 Å². The van der Waals surface area contributed by atoms with Gasteiger partial charge in [0.25, 0.3) is 0 Å². The summed E-state index contributed by atoms with van der Waals surface area (Å²) in [5, 5.41) is 2.65. The Morgan fingerprint density at radius 2 is 1.92 bits per heavy atom. The topological polar surface area (TPSA) is 72.0 Å². The maximum Gasteiger partial charge on any atom is 0.211 e. The van der Waals surface area contributed by atoms with E-state index in [4.69, 9.17) is 0 Å². The number of hydrogen-bond acceptors (Lipinski definition) is 5. The fourth-order valence-corrected chi connectivity index (χ4v) is 4.25. The lowest BCUT2D eigenvalue weighted by Crippen LogP contribution is -2.26. The molecule has 0 fully saturated rings. The first-order valence-electron chi connectivity index (χ1n) is 7.98. The minimum absolute atomic E-state index is 0.114. The molecule has 7 heteroatoms. The van der Waals surface area contributed by atoms with Gasteiger partial charge in [-0.1, -0.05) is 30.3 Å². The van der Waals surface area contributed by atoms with E-state index < -0.39 is 10.0 Å². The number of nitrogens with one attached hydrogen (secondary N) is 1. The molecule has 0 saturated carbocycles. The summed E-state index contributed by atoms with van der Waals surface area (Å²) in [5.41, 5.74) is 2.89. The summed E-state index contributed by atoms with van der Waals surface area (Å²) in [6.07, 6.45) is 4.80. The highest BCUT2D eigenvalue weighted by molar-refractivity contribution is 7.89. The highest BCUT2D eigenvalue weighted by Crippen LogP contribution is 2.20. The normalized spacial score (nSPS) is 11.5. The Balaban J connectivity index is 1.50. The Morgan fingerprint density at radius 1 is 1.08 bits per heavy atom. The second-order valence-corrected chi connectivity index (χ2v) is 8.47. The molecule has 1 aromatic carbocycles. The summed E-state index contributed by atoms with van der Waals surface area (Å²) >= 11 is 1.44. The maximum atomic E-state index is 12.1. The smallest absolute Gasteiger partial charge is 0.211 e. The predicted molar refractivity (Wildman–Crippen MR) is 101 cm³/mol. The van der Waals surface area contributed by atoms with E-state index in [0.29, 0.717) is 6.42 Å². The van der Waals surface area contributed by atoms with Crippen LogP contribution in [0.15, 0.2) is 60.2 Å². The van der Waals surface area contributed by atoms with E-state index in [0.717, 1.165) is 28.2 Å². The number of aromatic nitrogens is 2. The molecule has 3 rings (SSSR count). The van der Waals surface area contributed by atoms with Crippen molar-refractivity contribution in [2.45, 2.75) is 19.4 Å². The van der Waals surface area contributed by atoms with Crippen molar-refractivity contribution in [2.75, 3.05) is 5.75 Å². The monoisotopic (exact) mass is 373 g/mol. The van der Waals surface area contributed by atoms with Crippen molar-refractivity contribution in [1.29, 1.82) is 0 Å². The fraction of sp³-hybridized carbons (Fsp3) is 0.222. The van der Waals surface area contributed by atoms with E-state index in [9.17, 15) is 8.42 Å². The number of nitrogens with zero attached hydrogens (tertiary/aromatic N) is 2. The van der Waals surface area contributed by atoms with Gasteiger partial charge in [0.2, 0.25) is 10.0 Å². The summed E-state index contributed by atoms with van der Waals surface area (Å²) in [4.78, 5) is 8.53. The van der Waals surface area contributed by atoms with Gasteiger partial charge >= 0.3 is 0 Å².